The van der Waals surface area contributed by atoms with Crippen molar-refractivity contribution < 1.29 is 19.4 Å². The lowest BCUT2D eigenvalue weighted by Gasteiger charge is -2.34. The number of nitrogens with one attached hydrogen (secondary N) is 1. The van der Waals surface area contributed by atoms with E-state index in [4.69, 9.17) is 10.5 Å². The summed E-state index contributed by atoms with van der Waals surface area (Å²) >= 11 is 0. The number of nitrogens with two attached hydrogens (primary N) is 1. The highest BCUT2D eigenvalue weighted by molar-refractivity contribution is 6.10. The van der Waals surface area contributed by atoms with Gasteiger partial charge < -0.3 is 25.0 Å². The minimum atomic E-state index is -0.387. The summed E-state index contributed by atoms with van der Waals surface area (Å²) < 4.78 is 8.14. The molecule has 0 aliphatic carbocycles. The number of phenols is 1. The topological polar surface area (TPSA) is 139 Å². The lowest BCUT2D eigenvalue weighted by Crippen LogP contribution is -2.46. The molecule has 0 saturated carbocycles. The van der Waals surface area contributed by atoms with Crippen LogP contribution < -0.4 is 11.1 Å². The first kappa shape index (κ1) is 37.3. The zero-order valence-corrected chi connectivity index (χ0v) is 31.7. The molecule has 288 valence electrons. The summed E-state index contributed by atoms with van der Waals surface area (Å²) in [5.74, 6) is 0.102. The maximum absolute atomic E-state index is 12.8. The van der Waals surface area contributed by atoms with Gasteiger partial charge in [-0.15, -0.1) is 10.2 Å². The van der Waals surface area contributed by atoms with E-state index in [1.54, 1.807) is 12.1 Å². The van der Waals surface area contributed by atoms with Crippen molar-refractivity contribution in [1.29, 1.82) is 0 Å². The number of aromatic hydroxyl groups is 1. The molecule has 11 nitrogen and oxygen atoms in total. The second-order valence-electron chi connectivity index (χ2n) is 15.0. The lowest BCUT2D eigenvalue weighted by molar-refractivity contribution is -0.135. The molecule has 0 bridgehead atoms. The Hall–Kier alpha value is -5.62. The highest BCUT2D eigenvalue weighted by atomic mass is 16.5. The summed E-state index contributed by atoms with van der Waals surface area (Å²) in [6, 6.07) is 31.8. The standard InChI is InChI=1S/C45H49N7O4/c46-44-36(29-38(48-49-44)35-10-2-4-12-42(35)53)33-16-13-32(14-17-33)30-51-24-22-50(23-25-51)21-5-6-26-56-27-7-8-31-15-18-40-37(28-31)34-9-1-3-11-39(34)52(40)41-19-20-43(54)47-45(41)55/h1-4,9-18,28-29,41,53H,5-8,19-27,30H2,(H2,46,49)(H,47,54,55). The van der Waals surface area contributed by atoms with E-state index in [9.17, 15) is 14.7 Å². The van der Waals surface area contributed by atoms with Gasteiger partial charge in [-0.25, -0.2) is 0 Å². The summed E-state index contributed by atoms with van der Waals surface area (Å²) in [6.07, 6.45) is 4.95. The molecule has 11 heteroatoms. The molecule has 4 N–H and O–H groups in total. The van der Waals surface area contributed by atoms with Crippen LogP contribution in [0.1, 0.15) is 49.3 Å². The van der Waals surface area contributed by atoms with Gasteiger partial charge in [0.05, 0.1) is 5.69 Å². The molecule has 0 radical (unpaired) electrons. The minimum Gasteiger partial charge on any atom is -0.507 e. The highest BCUT2D eigenvalue weighted by Crippen LogP contribution is 2.35. The van der Waals surface area contributed by atoms with Crippen molar-refractivity contribution in [3.8, 4) is 28.1 Å². The molecule has 2 aromatic heterocycles. The number of imide groups is 1. The number of benzene rings is 4. The van der Waals surface area contributed by atoms with E-state index in [1.807, 2.05) is 30.3 Å². The predicted octanol–water partition coefficient (Wildman–Crippen LogP) is 6.73. The number of aromatic nitrogens is 3. The zero-order valence-electron chi connectivity index (χ0n) is 31.7. The molecular weight excluding hydrogens is 703 g/mol. The van der Waals surface area contributed by atoms with E-state index >= 15 is 0 Å². The fraction of sp³-hybridized carbons (Fsp3) is 0.333. The maximum atomic E-state index is 12.8. The summed E-state index contributed by atoms with van der Waals surface area (Å²) in [5.41, 5.74) is 13.8. The van der Waals surface area contributed by atoms with Gasteiger partial charge in [-0.3, -0.25) is 19.8 Å². The van der Waals surface area contributed by atoms with Crippen molar-refractivity contribution in [3.63, 3.8) is 0 Å². The number of anilines is 1. The van der Waals surface area contributed by atoms with Gasteiger partial charge >= 0.3 is 0 Å². The smallest absolute Gasteiger partial charge is 0.249 e. The molecular formula is C45H49N7O4. The average Bonchev–Trinajstić information content (AvgIpc) is 3.54. The number of amides is 2. The molecule has 4 aromatic carbocycles. The summed E-state index contributed by atoms with van der Waals surface area (Å²) in [5, 5.41) is 23.4. The first-order chi connectivity index (χ1) is 27.4. The monoisotopic (exact) mass is 751 g/mol. The van der Waals surface area contributed by atoms with Crippen LogP contribution in [-0.4, -0.2) is 87.4 Å². The quantitative estimate of drug-likeness (QED) is 0.0817. The van der Waals surface area contributed by atoms with E-state index in [2.05, 4.69) is 84.5 Å². The van der Waals surface area contributed by atoms with Crippen LogP contribution in [0.25, 0.3) is 44.2 Å². The molecule has 1 atom stereocenters. The number of hydrogen-bond donors (Lipinski definition) is 3. The van der Waals surface area contributed by atoms with Gasteiger partial charge in [0.1, 0.15) is 11.8 Å². The van der Waals surface area contributed by atoms with Crippen LogP contribution in [0, 0.1) is 0 Å². The number of phenolic OH excluding ortho intramolecular Hbond substituents is 1. The summed E-state index contributed by atoms with van der Waals surface area (Å²) in [6.45, 7) is 7.78. The number of ether oxygens (including phenoxy) is 1. The number of fused-ring (bicyclic) bond motifs is 3. The van der Waals surface area contributed by atoms with Gasteiger partial charge in [-0.1, -0.05) is 60.7 Å². The van der Waals surface area contributed by atoms with Crippen LogP contribution in [0.2, 0.25) is 0 Å². The van der Waals surface area contributed by atoms with Crippen LogP contribution >= 0.6 is 0 Å². The lowest BCUT2D eigenvalue weighted by atomic mass is 10.0. The second-order valence-corrected chi connectivity index (χ2v) is 15.0. The molecule has 1 unspecified atom stereocenters. The number of unbranched alkanes of at least 4 members (excludes halogenated alkanes) is 1. The molecule has 2 saturated heterocycles. The fourth-order valence-electron chi connectivity index (χ4n) is 8.16. The van der Waals surface area contributed by atoms with Gasteiger partial charge in [0, 0.05) is 85.3 Å². The van der Waals surface area contributed by atoms with Crippen molar-refractivity contribution in [3.05, 3.63) is 108 Å². The van der Waals surface area contributed by atoms with Crippen LogP contribution in [0.5, 0.6) is 5.75 Å². The average molecular weight is 752 g/mol. The second kappa shape index (κ2) is 17.0. The summed E-state index contributed by atoms with van der Waals surface area (Å²) in [4.78, 5) is 29.7. The number of nitrogens with zero attached hydrogens (tertiary/aromatic N) is 5. The zero-order chi connectivity index (χ0) is 38.4. The Morgan fingerprint density at radius 3 is 2.30 bits per heavy atom. The number of para-hydroxylation sites is 2. The molecule has 2 aliphatic rings. The molecule has 2 fully saturated rings. The molecule has 2 amide bonds. The normalized spacial score (nSPS) is 16.8. The number of piperidine rings is 1. The van der Waals surface area contributed by atoms with E-state index in [-0.39, 0.29) is 23.6 Å². The number of rotatable bonds is 14. The molecule has 56 heavy (non-hydrogen) atoms. The number of carbonyl (C=O) groups is 2. The van der Waals surface area contributed by atoms with Gasteiger partial charge in [0.15, 0.2) is 5.82 Å². The van der Waals surface area contributed by atoms with E-state index in [1.165, 1.54) is 11.1 Å². The number of piperazine rings is 1. The molecule has 2 aliphatic heterocycles. The Balaban J connectivity index is 0.737. The Kier molecular flexibility index (Phi) is 11.3. The van der Waals surface area contributed by atoms with E-state index < -0.39 is 0 Å². The SMILES string of the molecule is Nc1nnc(-c2ccccc2O)cc1-c1ccc(CN2CCN(CCCCOCCCc3ccc4c(c3)c3ccccc3n4C3CCC(=O)NC3=O)CC2)cc1. The molecule has 4 heterocycles. The van der Waals surface area contributed by atoms with Gasteiger partial charge in [0.25, 0.3) is 0 Å². The van der Waals surface area contributed by atoms with Crippen LogP contribution in [0.15, 0.2) is 97.1 Å². The third kappa shape index (κ3) is 8.30. The number of nitrogen functional groups attached to an aromatic ring is 1. The van der Waals surface area contributed by atoms with Crippen LogP contribution in [-0.2, 0) is 27.3 Å². The van der Waals surface area contributed by atoms with Crippen molar-refractivity contribution >= 4 is 39.4 Å². The maximum Gasteiger partial charge on any atom is 0.249 e. The number of aryl methyl sites for hydroxylation is 1. The molecule has 8 rings (SSSR count). The minimum absolute atomic E-state index is 0.161. The molecule has 0 spiro atoms. The molecule has 6 aromatic rings. The van der Waals surface area contributed by atoms with Crippen molar-refractivity contribution in [1.82, 2.24) is 29.9 Å². The van der Waals surface area contributed by atoms with Crippen LogP contribution in [0.3, 0.4) is 0 Å². The predicted molar refractivity (Wildman–Crippen MR) is 220 cm³/mol. The third-order valence-corrected chi connectivity index (χ3v) is 11.2. The van der Waals surface area contributed by atoms with Gasteiger partial charge in [-0.05, 0) is 91.7 Å². The third-order valence-electron chi connectivity index (χ3n) is 11.2. The summed E-state index contributed by atoms with van der Waals surface area (Å²) in [7, 11) is 0. The van der Waals surface area contributed by atoms with E-state index in [0.29, 0.717) is 29.9 Å². The fourth-order valence-corrected chi connectivity index (χ4v) is 8.16. The van der Waals surface area contributed by atoms with Gasteiger partial charge in [0.2, 0.25) is 11.8 Å². The first-order valence-electron chi connectivity index (χ1n) is 19.8. The van der Waals surface area contributed by atoms with Crippen LogP contribution in [0.4, 0.5) is 5.82 Å². The van der Waals surface area contributed by atoms with E-state index in [0.717, 1.165) is 111 Å². The van der Waals surface area contributed by atoms with Crippen molar-refractivity contribution in [2.24, 2.45) is 0 Å². The van der Waals surface area contributed by atoms with Crippen molar-refractivity contribution in [2.75, 3.05) is 51.7 Å². The Morgan fingerprint density at radius 1 is 0.750 bits per heavy atom. The van der Waals surface area contributed by atoms with Crippen molar-refractivity contribution in [2.45, 2.75) is 51.1 Å². The number of carbonyl (C=O) groups excluding carboxylic acids is 2. The Labute approximate surface area is 327 Å². The highest BCUT2D eigenvalue weighted by Gasteiger charge is 2.30. The Bertz CT molecular complexity index is 2330. The number of hydrogen-bond acceptors (Lipinski definition) is 9. The van der Waals surface area contributed by atoms with Gasteiger partial charge in [-0.2, -0.15) is 0 Å². The largest absolute Gasteiger partial charge is 0.507 e. The Morgan fingerprint density at radius 2 is 1.48 bits per heavy atom. The first-order valence-corrected chi connectivity index (χ1v) is 19.8.